The van der Waals surface area contributed by atoms with Gasteiger partial charge in [0.2, 0.25) is 0 Å². The van der Waals surface area contributed by atoms with Crippen LogP contribution in [-0.2, 0) is 23.9 Å². The summed E-state index contributed by atoms with van der Waals surface area (Å²) < 4.78 is 9.96. The Balaban J connectivity index is 2.24. The summed E-state index contributed by atoms with van der Waals surface area (Å²) in [6, 6.07) is 0. The Morgan fingerprint density at radius 1 is 1.38 bits per heavy atom. The van der Waals surface area contributed by atoms with Crippen LogP contribution >= 0.6 is 0 Å². The molecule has 2 rings (SSSR count). The lowest BCUT2D eigenvalue weighted by atomic mass is 9.73. The standard InChI is InChI=1S/C11H14O5/c1-15-10(14)8-6-7(12)2-4-11(8)5-3-9(13)16-11/h8H,2-6H2,1H3. The van der Waals surface area contributed by atoms with E-state index in [2.05, 4.69) is 4.74 Å². The van der Waals surface area contributed by atoms with Crippen molar-refractivity contribution in [3.05, 3.63) is 0 Å². The fraction of sp³-hybridized carbons (Fsp3) is 0.727. The normalized spacial score (nSPS) is 33.9. The van der Waals surface area contributed by atoms with Crippen LogP contribution in [0.2, 0.25) is 0 Å². The lowest BCUT2D eigenvalue weighted by molar-refractivity contribution is -0.171. The highest BCUT2D eigenvalue weighted by Gasteiger charge is 2.53. The van der Waals surface area contributed by atoms with Crippen molar-refractivity contribution in [3.8, 4) is 0 Å². The molecule has 1 spiro atoms. The Morgan fingerprint density at radius 2 is 2.06 bits per heavy atom. The van der Waals surface area contributed by atoms with Crippen molar-refractivity contribution in [2.24, 2.45) is 5.92 Å². The van der Waals surface area contributed by atoms with Crippen molar-refractivity contribution in [1.29, 1.82) is 0 Å². The number of hydrogen-bond donors (Lipinski definition) is 0. The third-order valence-corrected chi connectivity index (χ3v) is 3.45. The van der Waals surface area contributed by atoms with Crippen molar-refractivity contribution in [2.45, 2.75) is 37.7 Å². The van der Waals surface area contributed by atoms with E-state index in [1.807, 2.05) is 0 Å². The summed E-state index contributed by atoms with van der Waals surface area (Å²) in [5.74, 6) is -1.33. The van der Waals surface area contributed by atoms with Gasteiger partial charge in [0.05, 0.1) is 7.11 Å². The molecule has 0 aromatic rings. The minimum absolute atomic E-state index is 0.0315. The molecule has 88 valence electrons. The van der Waals surface area contributed by atoms with Gasteiger partial charge >= 0.3 is 11.9 Å². The van der Waals surface area contributed by atoms with Crippen LogP contribution in [0.15, 0.2) is 0 Å². The summed E-state index contributed by atoms with van der Waals surface area (Å²) >= 11 is 0. The van der Waals surface area contributed by atoms with Gasteiger partial charge < -0.3 is 9.47 Å². The van der Waals surface area contributed by atoms with Crippen molar-refractivity contribution in [1.82, 2.24) is 0 Å². The number of methoxy groups -OCH3 is 1. The zero-order valence-corrected chi connectivity index (χ0v) is 9.15. The molecule has 0 aromatic heterocycles. The topological polar surface area (TPSA) is 69.7 Å². The molecule has 5 heteroatoms. The maximum atomic E-state index is 11.6. The minimum Gasteiger partial charge on any atom is -0.469 e. The number of ketones is 1. The summed E-state index contributed by atoms with van der Waals surface area (Å²) in [7, 11) is 1.28. The molecular weight excluding hydrogens is 212 g/mol. The first-order chi connectivity index (χ1) is 7.57. The summed E-state index contributed by atoms with van der Waals surface area (Å²) in [4.78, 5) is 34.2. The quantitative estimate of drug-likeness (QED) is 0.612. The van der Waals surface area contributed by atoms with Crippen LogP contribution in [0.5, 0.6) is 0 Å². The molecule has 0 aromatic carbocycles. The van der Waals surface area contributed by atoms with Gasteiger partial charge in [-0.05, 0) is 12.8 Å². The number of rotatable bonds is 1. The largest absolute Gasteiger partial charge is 0.469 e. The number of Topliss-reactive ketones (excluding diaryl/α,β-unsaturated/α-hetero) is 1. The molecule has 1 aliphatic carbocycles. The lowest BCUT2D eigenvalue weighted by Crippen LogP contribution is -2.47. The van der Waals surface area contributed by atoms with Gasteiger partial charge in [0.1, 0.15) is 17.3 Å². The number of carbonyl (C=O) groups excluding carboxylic acids is 3. The van der Waals surface area contributed by atoms with Crippen molar-refractivity contribution < 1.29 is 23.9 Å². The maximum Gasteiger partial charge on any atom is 0.313 e. The van der Waals surface area contributed by atoms with E-state index in [1.54, 1.807) is 0 Å². The van der Waals surface area contributed by atoms with E-state index in [1.165, 1.54) is 7.11 Å². The number of hydrogen-bond acceptors (Lipinski definition) is 5. The minimum atomic E-state index is -0.780. The Morgan fingerprint density at radius 3 is 2.62 bits per heavy atom. The third kappa shape index (κ3) is 1.70. The molecule has 0 amide bonds. The second-order valence-corrected chi connectivity index (χ2v) is 4.36. The highest BCUT2D eigenvalue weighted by Crippen LogP contribution is 2.43. The van der Waals surface area contributed by atoms with Gasteiger partial charge in [-0.2, -0.15) is 0 Å². The fourth-order valence-electron chi connectivity index (χ4n) is 2.55. The molecule has 0 bridgehead atoms. The highest BCUT2D eigenvalue weighted by atomic mass is 16.6. The SMILES string of the molecule is COC(=O)C1CC(=O)CCC12CCC(=O)O2. The fourth-order valence-corrected chi connectivity index (χ4v) is 2.55. The molecular formula is C11H14O5. The van der Waals surface area contributed by atoms with Gasteiger partial charge in [0.15, 0.2) is 0 Å². The Bertz CT molecular complexity index is 348. The first-order valence-electron chi connectivity index (χ1n) is 5.39. The predicted molar refractivity (Wildman–Crippen MR) is 52.4 cm³/mol. The molecule has 1 heterocycles. The third-order valence-electron chi connectivity index (χ3n) is 3.45. The second-order valence-electron chi connectivity index (χ2n) is 4.36. The van der Waals surface area contributed by atoms with E-state index in [4.69, 9.17) is 4.74 Å². The van der Waals surface area contributed by atoms with Crippen molar-refractivity contribution >= 4 is 17.7 Å². The first kappa shape index (κ1) is 11.1. The van der Waals surface area contributed by atoms with Crippen LogP contribution in [-0.4, -0.2) is 30.4 Å². The average molecular weight is 226 g/mol. The summed E-state index contributed by atoms with van der Waals surface area (Å²) in [5, 5.41) is 0. The number of esters is 2. The van der Waals surface area contributed by atoms with Crippen molar-refractivity contribution in [3.63, 3.8) is 0 Å². The van der Waals surface area contributed by atoms with Gasteiger partial charge in [0.25, 0.3) is 0 Å². The summed E-state index contributed by atoms with van der Waals surface area (Å²) in [5.41, 5.74) is -0.780. The number of carbonyl (C=O) groups is 3. The molecule has 0 radical (unpaired) electrons. The van der Waals surface area contributed by atoms with Gasteiger partial charge in [0, 0.05) is 19.3 Å². The molecule has 2 fully saturated rings. The molecule has 1 aliphatic heterocycles. The Hall–Kier alpha value is -1.39. The average Bonchev–Trinajstić information content (AvgIpc) is 2.64. The molecule has 0 N–H and O–H groups in total. The Labute approximate surface area is 93.1 Å². The van der Waals surface area contributed by atoms with Crippen molar-refractivity contribution in [2.75, 3.05) is 7.11 Å². The van der Waals surface area contributed by atoms with E-state index >= 15 is 0 Å². The second kappa shape index (κ2) is 3.88. The summed E-state index contributed by atoms with van der Waals surface area (Å²) in [6.07, 6.45) is 1.78. The zero-order valence-electron chi connectivity index (χ0n) is 9.15. The first-order valence-corrected chi connectivity index (χ1v) is 5.39. The molecule has 1 saturated heterocycles. The molecule has 2 aliphatic rings. The van der Waals surface area contributed by atoms with Gasteiger partial charge in [-0.15, -0.1) is 0 Å². The maximum absolute atomic E-state index is 11.6. The predicted octanol–water partition coefficient (Wildman–Crippen LogP) is 0.604. The number of ether oxygens (including phenoxy) is 2. The van der Waals surface area contributed by atoms with Crippen LogP contribution in [0.4, 0.5) is 0 Å². The molecule has 1 saturated carbocycles. The monoisotopic (exact) mass is 226 g/mol. The van der Waals surface area contributed by atoms with Crippen LogP contribution in [0.1, 0.15) is 32.1 Å². The van der Waals surface area contributed by atoms with Gasteiger partial charge in [-0.25, -0.2) is 0 Å². The highest BCUT2D eigenvalue weighted by molar-refractivity contribution is 5.88. The van der Waals surface area contributed by atoms with E-state index in [9.17, 15) is 14.4 Å². The van der Waals surface area contributed by atoms with Crippen LogP contribution in [0, 0.1) is 5.92 Å². The van der Waals surface area contributed by atoms with Crippen LogP contribution in [0.3, 0.4) is 0 Å². The van der Waals surface area contributed by atoms with E-state index < -0.39 is 17.5 Å². The van der Waals surface area contributed by atoms with E-state index in [0.29, 0.717) is 25.7 Å². The van der Waals surface area contributed by atoms with E-state index in [-0.39, 0.29) is 18.2 Å². The zero-order chi connectivity index (χ0) is 11.8. The molecule has 2 unspecified atom stereocenters. The molecule has 5 nitrogen and oxygen atoms in total. The molecule has 2 atom stereocenters. The summed E-state index contributed by atoms with van der Waals surface area (Å²) in [6.45, 7) is 0. The molecule has 16 heavy (non-hydrogen) atoms. The van der Waals surface area contributed by atoms with Gasteiger partial charge in [-0.3, -0.25) is 14.4 Å². The Kier molecular flexibility index (Phi) is 2.69. The smallest absolute Gasteiger partial charge is 0.313 e. The van der Waals surface area contributed by atoms with Crippen LogP contribution in [0.25, 0.3) is 0 Å². The van der Waals surface area contributed by atoms with Gasteiger partial charge in [-0.1, -0.05) is 0 Å². The lowest BCUT2D eigenvalue weighted by Gasteiger charge is -2.37. The van der Waals surface area contributed by atoms with Crippen LogP contribution < -0.4 is 0 Å². The van der Waals surface area contributed by atoms with E-state index in [0.717, 1.165) is 0 Å².